The van der Waals surface area contributed by atoms with Gasteiger partial charge < -0.3 is 33.6 Å². The van der Waals surface area contributed by atoms with Crippen LogP contribution in [0.5, 0.6) is 5.75 Å². The number of rotatable bonds is 2. The Hall–Kier alpha value is -0.960. The number of anilines is 1. The Bertz CT molecular complexity index is 987. The summed E-state index contributed by atoms with van der Waals surface area (Å²) in [5.41, 5.74) is 2.33. The maximum absolute atomic E-state index is 6.13. The van der Waals surface area contributed by atoms with Gasteiger partial charge in [0.2, 0.25) is 5.52 Å². The van der Waals surface area contributed by atoms with Gasteiger partial charge in [0, 0.05) is 17.0 Å². The van der Waals surface area contributed by atoms with E-state index < -0.39 is 0 Å². The monoisotopic (exact) mass is 502 g/mol. The first-order valence-corrected chi connectivity index (χ1v) is 9.47. The van der Waals surface area contributed by atoms with Crippen molar-refractivity contribution in [1.29, 1.82) is 0 Å². The van der Waals surface area contributed by atoms with Crippen molar-refractivity contribution < 1.29 is 33.3 Å². The zero-order chi connectivity index (χ0) is 16.8. The van der Waals surface area contributed by atoms with Gasteiger partial charge in [0.1, 0.15) is 17.5 Å². The first-order valence-electron chi connectivity index (χ1n) is 7.46. The average molecular weight is 503 g/mol. The Kier molecular flexibility index (Phi) is 5.53. The van der Waals surface area contributed by atoms with Crippen molar-refractivity contribution in [1.82, 2.24) is 0 Å². The summed E-state index contributed by atoms with van der Waals surface area (Å²) in [5, 5.41) is 3.16. The number of ether oxygens (including phenoxy) is 1. The lowest BCUT2D eigenvalue weighted by Crippen LogP contribution is -3.00. The fraction of sp³-hybridized carbons (Fsp3) is 0.167. The molecular formula is C18H16ClIN2OS2. The molecule has 0 atom stereocenters. The van der Waals surface area contributed by atoms with Crippen molar-refractivity contribution in [2.24, 2.45) is 7.05 Å². The number of fused-ring (bicyclic) bond motifs is 2. The Morgan fingerprint density at radius 2 is 2.00 bits per heavy atom. The van der Waals surface area contributed by atoms with Gasteiger partial charge in [-0.15, -0.1) is 0 Å². The number of nitrogens with zero attached hydrogens (tertiary/aromatic N) is 2. The smallest absolute Gasteiger partial charge is 0.265 e. The molecule has 0 bridgehead atoms. The van der Waals surface area contributed by atoms with Crippen LogP contribution in [0, 0.1) is 0 Å². The van der Waals surface area contributed by atoms with E-state index in [1.165, 1.54) is 25.1 Å². The number of benzene rings is 2. The second-order valence-corrected chi connectivity index (χ2v) is 8.15. The molecule has 1 aliphatic rings. The third kappa shape index (κ3) is 3.37. The van der Waals surface area contributed by atoms with Gasteiger partial charge in [-0.2, -0.15) is 4.57 Å². The van der Waals surface area contributed by atoms with Crippen LogP contribution in [0.1, 0.15) is 5.01 Å². The maximum Gasteiger partial charge on any atom is 0.265 e. The van der Waals surface area contributed by atoms with Gasteiger partial charge >= 0.3 is 0 Å². The van der Waals surface area contributed by atoms with Gasteiger partial charge in [0.15, 0.2) is 0 Å². The summed E-state index contributed by atoms with van der Waals surface area (Å²) in [7, 11) is 5.87. The fourth-order valence-corrected chi connectivity index (χ4v) is 5.15. The predicted molar refractivity (Wildman–Crippen MR) is 103 cm³/mol. The molecule has 25 heavy (non-hydrogen) atoms. The van der Waals surface area contributed by atoms with Crippen LogP contribution >= 0.6 is 34.7 Å². The largest absolute Gasteiger partial charge is 1.00 e. The molecule has 7 heteroatoms. The summed E-state index contributed by atoms with van der Waals surface area (Å²) in [6, 6.07) is 12.2. The Morgan fingerprint density at radius 1 is 1.20 bits per heavy atom. The average Bonchev–Trinajstić information content (AvgIpc) is 3.06. The molecule has 3 nitrogen and oxygen atoms in total. The van der Waals surface area contributed by atoms with E-state index >= 15 is 0 Å². The molecule has 1 aliphatic heterocycles. The first-order chi connectivity index (χ1) is 11.6. The highest BCUT2D eigenvalue weighted by atomic mass is 127. The van der Waals surface area contributed by atoms with Crippen LogP contribution in [0.3, 0.4) is 0 Å². The van der Waals surface area contributed by atoms with E-state index in [2.05, 4.69) is 47.8 Å². The number of methoxy groups -OCH3 is 1. The number of aromatic nitrogens is 1. The lowest BCUT2D eigenvalue weighted by molar-refractivity contribution is -0.642. The van der Waals surface area contributed by atoms with E-state index in [0.717, 1.165) is 16.5 Å². The Balaban J connectivity index is 0.00000182. The van der Waals surface area contributed by atoms with Crippen LogP contribution in [0.15, 0.2) is 46.3 Å². The third-order valence-corrected chi connectivity index (χ3v) is 6.71. The van der Waals surface area contributed by atoms with Crippen LogP contribution in [-0.2, 0) is 7.05 Å². The number of hydrogen-bond donors (Lipinski definition) is 0. The summed E-state index contributed by atoms with van der Waals surface area (Å²) >= 11 is 9.68. The summed E-state index contributed by atoms with van der Waals surface area (Å²) < 4.78 is 8.80. The molecule has 0 amide bonds. The molecule has 0 unspecified atom stereocenters. The fourth-order valence-electron chi connectivity index (χ4n) is 2.77. The molecule has 0 saturated heterocycles. The molecule has 2 heterocycles. The van der Waals surface area contributed by atoms with E-state index in [1.54, 1.807) is 30.2 Å². The van der Waals surface area contributed by atoms with Gasteiger partial charge in [-0.1, -0.05) is 34.7 Å². The summed E-state index contributed by atoms with van der Waals surface area (Å²) in [6.07, 6.45) is 2.23. The molecule has 0 spiro atoms. The Morgan fingerprint density at radius 3 is 2.76 bits per heavy atom. The van der Waals surface area contributed by atoms with Crippen molar-refractivity contribution in [3.63, 3.8) is 0 Å². The van der Waals surface area contributed by atoms with E-state index in [9.17, 15) is 0 Å². The number of thioether (sulfide) groups is 1. The summed E-state index contributed by atoms with van der Waals surface area (Å²) in [4.78, 5) is 3.43. The number of hydrogen-bond acceptors (Lipinski definition) is 4. The standard InChI is InChI=1S/C18H16ClN2OS2.HI/c1-20-13-8-11(19)4-6-15(13)23-17(20)10-18-21(2)14-9-12(22-3)5-7-16(14)24-18;/h4-10H,1-3H3;1H/q+1;/p-1. The normalized spacial score (nSPS) is 14.7. The second kappa shape index (κ2) is 7.34. The number of thiazole rings is 1. The highest BCUT2D eigenvalue weighted by Crippen LogP contribution is 2.46. The quantitative estimate of drug-likeness (QED) is 0.394. The third-order valence-electron chi connectivity index (χ3n) is 4.15. The highest BCUT2D eigenvalue weighted by molar-refractivity contribution is 8.03. The first kappa shape index (κ1) is 18.8. The number of halogens is 2. The van der Waals surface area contributed by atoms with Crippen molar-refractivity contribution in [3.8, 4) is 5.75 Å². The minimum atomic E-state index is 0. The lowest BCUT2D eigenvalue weighted by atomic mass is 10.3. The van der Waals surface area contributed by atoms with Gasteiger partial charge in [-0.05, 0) is 30.3 Å². The van der Waals surface area contributed by atoms with Crippen LogP contribution < -0.4 is 38.2 Å². The van der Waals surface area contributed by atoms with Crippen LogP contribution in [0.2, 0.25) is 5.02 Å². The molecule has 2 aromatic carbocycles. The second-order valence-electron chi connectivity index (χ2n) is 5.59. The number of aryl methyl sites for hydroxylation is 1. The molecule has 0 aliphatic carbocycles. The molecule has 4 rings (SSSR count). The maximum atomic E-state index is 6.13. The lowest BCUT2D eigenvalue weighted by Gasteiger charge is -2.12. The van der Waals surface area contributed by atoms with Crippen molar-refractivity contribution in [2.75, 3.05) is 19.1 Å². The van der Waals surface area contributed by atoms with Crippen molar-refractivity contribution >= 4 is 56.7 Å². The van der Waals surface area contributed by atoms with Crippen molar-refractivity contribution in [2.45, 2.75) is 4.90 Å². The molecule has 0 radical (unpaired) electrons. The molecule has 1 aromatic heterocycles. The Labute approximate surface area is 177 Å². The van der Waals surface area contributed by atoms with Crippen LogP contribution in [0.4, 0.5) is 5.69 Å². The van der Waals surface area contributed by atoms with E-state index in [4.69, 9.17) is 16.3 Å². The molecule has 0 N–H and O–H groups in total. The van der Waals surface area contributed by atoms with E-state index in [-0.39, 0.29) is 24.0 Å². The predicted octanol–water partition coefficient (Wildman–Crippen LogP) is 1.93. The minimum Gasteiger partial charge on any atom is -1.00 e. The SMILES string of the molecule is COc1ccc2sc(/C=C3/Sc4ccc(Cl)cc4N3C)[n+](C)c2c1.[I-]. The van der Waals surface area contributed by atoms with E-state index in [0.29, 0.717) is 0 Å². The topological polar surface area (TPSA) is 16.4 Å². The molecule has 130 valence electrons. The molecule has 3 aromatic rings. The molecule has 0 saturated carbocycles. The van der Waals surface area contributed by atoms with Crippen LogP contribution in [-0.4, -0.2) is 14.2 Å². The van der Waals surface area contributed by atoms with E-state index in [1.807, 2.05) is 18.2 Å². The van der Waals surface area contributed by atoms with Crippen molar-refractivity contribution in [3.05, 3.63) is 51.5 Å². The zero-order valence-corrected chi connectivity index (χ0v) is 18.5. The van der Waals surface area contributed by atoms with Gasteiger partial charge in [-0.3, -0.25) is 0 Å². The minimum absolute atomic E-state index is 0. The van der Waals surface area contributed by atoms with Gasteiger partial charge in [0.05, 0.1) is 30.0 Å². The van der Waals surface area contributed by atoms with Gasteiger partial charge in [0.25, 0.3) is 5.01 Å². The highest BCUT2D eigenvalue weighted by Gasteiger charge is 2.25. The molecule has 0 fully saturated rings. The molecular weight excluding hydrogens is 487 g/mol. The zero-order valence-electron chi connectivity index (χ0n) is 13.9. The van der Waals surface area contributed by atoms with Gasteiger partial charge in [-0.25, -0.2) is 0 Å². The summed E-state index contributed by atoms with van der Waals surface area (Å²) in [6.45, 7) is 0. The van der Waals surface area contributed by atoms with Crippen LogP contribution in [0.25, 0.3) is 16.3 Å². The summed E-state index contributed by atoms with van der Waals surface area (Å²) in [5.74, 6) is 0.879.